The van der Waals surface area contributed by atoms with E-state index in [-0.39, 0.29) is 6.10 Å². The molecule has 4 aliphatic rings. The normalized spacial score (nSPS) is 43.9. The molecular formula is C28H41NO. The SMILES string of the molecule is CC(CCc1cccnc1)[C@H]1CC[C@H]2[C@@H]3CC=C4C[C@@H](O)CC[C@]4(C)[C@H]3CC[C@]12C. The Hall–Kier alpha value is -1.15. The third kappa shape index (κ3) is 3.29. The average Bonchev–Trinajstić information content (AvgIpc) is 3.10. The number of pyridine rings is 1. The van der Waals surface area contributed by atoms with Crippen LogP contribution in [0.3, 0.4) is 0 Å². The van der Waals surface area contributed by atoms with E-state index in [1.165, 1.54) is 56.9 Å². The van der Waals surface area contributed by atoms with E-state index >= 15 is 0 Å². The summed E-state index contributed by atoms with van der Waals surface area (Å²) in [6, 6.07) is 4.31. The zero-order valence-electron chi connectivity index (χ0n) is 19.3. The fourth-order valence-electron chi connectivity index (χ4n) is 8.76. The highest BCUT2D eigenvalue weighted by Gasteiger charge is 2.59. The molecule has 0 saturated heterocycles. The summed E-state index contributed by atoms with van der Waals surface area (Å²) in [4.78, 5) is 4.31. The summed E-state index contributed by atoms with van der Waals surface area (Å²) in [6.07, 6.45) is 19.0. The van der Waals surface area contributed by atoms with E-state index < -0.39 is 0 Å². The number of aromatic nitrogens is 1. The van der Waals surface area contributed by atoms with Gasteiger partial charge < -0.3 is 5.11 Å². The van der Waals surface area contributed by atoms with E-state index in [2.05, 4.69) is 44.0 Å². The minimum Gasteiger partial charge on any atom is -0.393 e. The van der Waals surface area contributed by atoms with Crippen LogP contribution in [0.1, 0.15) is 84.1 Å². The van der Waals surface area contributed by atoms with Crippen LogP contribution in [0.5, 0.6) is 0 Å². The molecule has 0 aromatic carbocycles. The summed E-state index contributed by atoms with van der Waals surface area (Å²) >= 11 is 0. The molecular weight excluding hydrogens is 366 g/mol. The number of nitrogens with zero attached hydrogens (tertiary/aromatic N) is 1. The minimum atomic E-state index is -0.0914. The van der Waals surface area contributed by atoms with Crippen LogP contribution in [-0.2, 0) is 6.42 Å². The van der Waals surface area contributed by atoms with Crippen LogP contribution in [0, 0.1) is 40.4 Å². The van der Waals surface area contributed by atoms with Crippen molar-refractivity contribution in [2.24, 2.45) is 40.4 Å². The second kappa shape index (κ2) is 7.76. The second-order valence-electron chi connectivity index (χ2n) is 11.8. The molecule has 0 amide bonds. The lowest BCUT2D eigenvalue weighted by atomic mass is 9.47. The van der Waals surface area contributed by atoms with Crippen LogP contribution in [0.2, 0.25) is 0 Å². The number of aliphatic hydroxyl groups excluding tert-OH is 1. The van der Waals surface area contributed by atoms with Crippen molar-refractivity contribution in [3.05, 3.63) is 41.7 Å². The van der Waals surface area contributed by atoms with Crippen molar-refractivity contribution in [1.29, 1.82) is 0 Å². The Morgan fingerprint density at radius 2 is 2.00 bits per heavy atom. The standard InChI is InChI=1S/C28H41NO/c1-19(6-7-20-5-4-16-29-18-20)24-10-11-25-23-9-8-21-17-22(30)12-14-27(21,2)26(23)13-15-28(24,25)3/h4-5,8,16,18-19,22-26,30H,6-7,9-15,17H2,1-3H3/t19?,22-,23-,24+,25-,26-,27-,28+/m0/s1. The van der Waals surface area contributed by atoms with Gasteiger partial charge in [0.25, 0.3) is 0 Å². The maximum absolute atomic E-state index is 10.2. The third-order valence-corrected chi connectivity index (χ3v) is 10.4. The summed E-state index contributed by atoms with van der Waals surface area (Å²) in [5.74, 6) is 4.32. The zero-order valence-corrected chi connectivity index (χ0v) is 19.3. The number of rotatable bonds is 4. The molecule has 3 saturated carbocycles. The summed E-state index contributed by atoms with van der Waals surface area (Å²) in [7, 11) is 0. The predicted molar refractivity (Wildman–Crippen MR) is 123 cm³/mol. The largest absolute Gasteiger partial charge is 0.393 e. The number of aryl methyl sites for hydroxylation is 1. The Morgan fingerprint density at radius 1 is 1.13 bits per heavy atom. The topological polar surface area (TPSA) is 33.1 Å². The summed E-state index contributed by atoms with van der Waals surface area (Å²) < 4.78 is 0. The van der Waals surface area contributed by atoms with Gasteiger partial charge in [-0.25, -0.2) is 0 Å². The maximum Gasteiger partial charge on any atom is 0.0577 e. The van der Waals surface area contributed by atoms with Crippen molar-refractivity contribution in [2.75, 3.05) is 0 Å². The molecule has 0 bridgehead atoms. The molecule has 0 radical (unpaired) electrons. The molecule has 4 aliphatic carbocycles. The number of hydrogen-bond donors (Lipinski definition) is 1. The molecule has 164 valence electrons. The first-order valence-corrected chi connectivity index (χ1v) is 12.7. The molecule has 1 N–H and O–H groups in total. The smallest absolute Gasteiger partial charge is 0.0577 e. The van der Waals surface area contributed by atoms with Gasteiger partial charge >= 0.3 is 0 Å². The first-order valence-electron chi connectivity index (χ1n) is 12.7. The van der Waals surface area contributed by atoms with Gasteiger partial charge in [0, 0.05) is 12.4 Å². The molecule has 30 heavy (non-hydrogen) atoms. The van der Waals surface area contributed by atoms with Crippen molar-refractivity contribution < 1.29 is 5.11 Å². The number of fused-ring (bicyclic) bond motifs is 5. The van der Waals surface area contributed by atoms with E-state index in [0.717, 1.165) is 42.4 Å². The van der Waals surface area contributed by atoms with Crippen LogP contribution in [0.25, 0.3) is 0 Å². The number of hydrogen-bond acceptors (Lipinski definition) is 2. The van der Waals surface area contributed by atoms with Crippen molar-refractivity contribution >= 4 is 0 Å². The lowest BCUT2D eigenvalue weighted by molar-refractivity contribution is -0.0571. The van der Waals surface area contributed by atoms with Gasteiger partial charge in [-0.15, -0.1) is 0 Å². The molecule has 0 aliphatic heterocycles. The maximum atomic E-state index is 10.2. The van der Waals surface area contributed by atoms with Crippen molar-refractivity contribution in [3.8, 4) is 0 Å². The Labute approximate surface area is 183 Å². The lowest BCUT2D eigenvalue weighted by Gasteiger charge is -2.58. The van der Waals surface area contributed by atoms with E-state index in [4.69, 9.17) is 0 Å². The Morgan fingerprint density at radius 3 is 2.80 bits per heavy atom. The first kappa shape index (κ1) is 20.7. The van der Waals surface area contributed by atoms with E-state index in [1.54, 1.807) is 5.57 Å². The monoisotopic (exact) mass is 407 g/mol. The van der Waals surface area contributed by atoms with E-state index in [9.17, 15) is 5.11 Å². The first-order chi connectivity index (χ1) is 14.4. The van der Waals surface area contributed by atoms with Crippen LogP contribution in [-0.4, -0.2) is 16.2 Å². The molecule has 3 fully saturated rings. The summed E-state index contributed by atoms with van der Waals surface area (Å²) in [5.41, 5.74) is 3.90. The molecule has 1 aromatic heterocycles. The molecule has 0 spiro atoms. The van der Waals surface area contributed by atoms with Crippen LogP contribution in [0.4, 0.5) is 0 Å². The summed E-state index contributed by atoms with van der Waals surface area (Å²) in [5, 5.41) is 10.2. The average molecular weight is 408 g/mol. The zero-order chi connectivity index (χ0) is 20.9. The molecule has 1 heterocycles. The Kier molecular flexibility index (Phi) is 5.37. The van der Waals surface area contributed by atoms with Gasteiger partial charge in [0.2, 0.25) is 0 Å². The van der Waals surface area contributed by atoms with Crippen LogP contribution in [0.15, 0.2) is 36.2 Å². The highest BCUT2D eigenvalue weighted by molar-refractivity contribution is 5.25. The molecule has 8 atom stereocenters. The fourth-order valence-corrected chi connectivity index (χ4v) is 8.76. The number of allylic oxidation sites excluding steroid dienone is 1. The molecule has 5 rings (SSSR count). The highest BCUT2D eigenvalue weighted by Crippen LogP contribution is 2.67. The van der Waals surface area contributed by atoms with Crippen molar-refractivity contribution in [3.63, 3.8) is 0 Å². The fraction of sp³-hybridized carbons (Fsp3) is 0.750. The van der Waals surface area contributed by atoms with E-state index in [0.29, 0.717) is 10.8 Å². The quantitative estimate of drug-likeness (QED) is 0.571. The highest BCUT2D eigenvalue weighted by atomic mass is 16.3. The molecule has 2 heteroatoms. The molecule has 1 unspecified atom stereocenters. The Balaban J connectivity index is 1.31. The van der Waals surface area contributed by atoms with Crippen LogP contribution < -0.4 is 0 Å². The van der Waals surface area contributed by atoms with Gasteiger partial charge in [-0.1, -0.05) is 38.5 Å². The van der Waals surface area contributed by atoms with Crippen LogP contribution >= 0.6 is 0 Å². The molecule has 1 aromatic rings. The van der Waals surface area contributed by atoms with Gasteiger partial charge in [-0.3, -0.25) is 4.98 Å². The lowest BCUT2D eigenvalue weighted by Crippen LogP contribution is -2.50. The number of aliphatic hydroxyl groups is 1. The second-order valence-corrected chi connectivity index (χ2v) is 11.8. The minimum absolute atomic E-state index is 0.0914. The van der Waals surface area contributed by atoms with Gasteiger partial charge in [-0.05, 0) is 116 Å². The van der Waals surface area contributed by atoms with Gasteiger partial charge in [0.15, 0.2) is 0 Å². The van der Waals surface area contributed by atoms with Gasteiger partial charge in [0.1, 0.15) is 0 Å². The molecule has 2 nitrogen and oxygen atoms in total. The van der Waals surface area contributed by atoms with Crippen molar-refractivity contribution in [2.45, 2.75) is 91.1 Å². The van der Waals surface area contributed by atoms with E-state index in [1.807, 2.05) is 12.4 Å². The van der Waals surface area contributed by atoms with Gasteiger partial charge in [0.05, 0.1) is 6.10 Å². The van der Waals surface area contributed by atoms with Crippen molar-refractivity contribution in [1.82, 2.24) is 4.98 Å². The Bertz CT molecular complexity index is 787. The van der Waals surface area contributed by atoms with Gasteiger partial charge in [-0.2, -0.15) is 0 Å². The third-order valence-electron chi connectivity index (χ3n) is 10.4. The predicted octanol–water partition coefficient (Wildman–Crippen LogP) is 6.59. The summed E-state index contributed by atoms with van der Waals surface area (Å²) in [6.45, 7) is 7.74.